The molecule has 1 atom stereocenters. The Morgan fingerprint density at radius 1 is 0.905 bits per heavy atom. The molecule has 0 spiro atoms. The van der Waals surface area contributed by atoms with Gasteiger partial charge in [-0.25, -0.2) is 8.78 Å². The number of halogens is 2. The molecule has 21 heavy (non-hydrogen) atoms. The largest absolute Gasteiger partial charge is 0.317 e. The van der Waals surface area contributed by atoms with Gasteiger partial charge in [0.2, 0.25) is 0 Å². The van der Waals surface area contributed by atoms with Gasteiger partial charge in [0, 0.05) is 12.1 Å². The highest BCUT2D eigenvalue weighted by atomic mass is 19.1. The zero-order valence-corrected chi connectivity index (χ0v) is 13.4. The molecule has 1 nitrogen and oxygen atoms in total. The van der Waals surface area contributed by atoms with Gasteiger partial charge in [-0.1, -0.05) is 51.9 Å². The van der Waals surface area contributed by atoms with Crippen LogP contribution >= 0.6 is 0 Å². The summed E-state index contributed by atoms with van der Waals surface area (Å²) in [4.78, 5) is 0. The van der Waals surface area contributed by atoms with Gasteiger partial charge in [-0.15, -0.1) is 0 Å². The SMILES string of the molecule is CCCCCCCCCC(Cc1cc(F)cc(F)c1)NC. The van der Waals surface area contributed by atoms with Crippen LogP contribution in [0.3, 0.4) is 0 Å². The van der Waals surface area contributed by atoms with Gasteiger partial charge in [0.05, 0.1) is 0 Å². The van der Waals surface area contributed by atoms with Crippen molar-refractivity contribution >= 4 is 0 Å². The van der Waals surface area contributed by atoms with E-state index in [1.54, 1.807) is 0 Å². The average Bonchev–Trinajstić information content (AvgIpc) is 2.44. The molecular formula is C18H29F2N. The van der Waals surface area contributed by atoms with Gasteiger partial charge in [0.15, 0.2) is 0 Å². The number of rotatable bonds is 11. The van der Waals surface area contributed by atoms with Crippen LogP contribution in [0, 0.1) is 11.6 Å². The molecule has 1 rings (SSSR count). The lowest BCUT2D eigenvalue weighted by Gasteiger charge is -2.16. The fraction of sp³-hybridized carbons (Fsp3) is 0.667. The third-order valence-electron chi connectivity index (χ3n) is 3.97. The van der Waals surface area contributed by atoms with E-state index in [0.717, 1.165) is 18.1 Å². The van der Waals surface area contributed by atoms with Crippen LogP contribution in [0.2, 0.25) is 0 Å². The molecule has 0 saturated heterocycles. The molecule has 0 bridgehead atoms. The van der Waals surface area contributed by atoms with Gasteiger partial charge in [0.25, 0.3) is 0 Å². The van der Waals surface area contributed by atoms with E-state index in [4.69, 9.17) is 0 Å². The van der Waals surface area contributed by atoms with Gasteiger partial charge in [0.1, 0.15) is 11.6 Å². The van der Waals surface area contributed by atoms with Crippen LogP contribution in [0.4, 0.5) is 8.78 Å². The van der Waals surface area contributed by atoms with Crippen molar-refractivity contribution in [1.82, 2.24) is 5.32 Å². The third kappa shape index (κ3) is 8.15. The zero-order valence-electron chi connectivity index (χ0n) is 13.4. The molecule has 0 heterocycles. The Balaban J connectivity index is 2.25. The van der Waals surface area contributed by atoms with Gasteiger partial charge < -0.3 is 5.32 Å². The highest BCUT2D eigenvalue weighted by Crippen LogP contribution is 2.14. The number of hydrogen-bond donors (Lipinski definition) is 1. The highest BCUT2D eigenvalue weighted by Gasteiger charge is 2.09. The predicted octanol–water partition coefficient (Wildman–Crippen LogP) is 5.24. The molecule has 1 aromatic carbocycles. The maximum atomic E-state index is 13.2. The van der Waals surface area contributed by atoms with E-state index in [1.165, 1.54) is 57.1 Å². The summed E-state index contributed by atoms with van der Waals surface area (Å²) in [5, 5.41) is 3.26. The molecule has 0 amide bonds. The minimum absolute atomic E-state index is 0.293. The normalized spacial score (nSPS) is 12.6. The summed E-state index contributed by atoms with van der Waals surface area (Å²) in [5.41, 5.74) is 0.731. The Kier molecular flexibility index (Phi) is 9.24. The number of benzene rings is 1. The molecule has 0 radical (unpaired) electrons. The quantitative estimate of drug-likeness (QED) is 0.551. The minimum Gasteiger partial charge on any atom is -0.317 e. The molecule has 3 heteroatoms. The summed E-state index contributed by atoms with van der Waals surface area (Å²) >= 11 is 0. The summed E-state index contributed by atoms with van der Waals surface area (Å²) in [6.45, 7) is 2.23. The van der Waals surface area contributed by atoms with Crippen molar-refractivity contribution in [3.63, 3.8) is 0 Å². The van der Waals surface area contributed by atoms with Crippen molar-refractivity contribution in [2.75, 3.05) is 7.05 Å². The van der Waals surface area contributed by atoms with Crippen LogP contribution in [-0.4, -0.2) is 13.1 Å². The van der Waals surface area contributed by atoms with Gasteiger partial charge in [-0.05, 0) is 37.6 Å². The Hall–Kier alpha value is -0.960. The zero-order chi connectivity index (χ0) is 15.5. The van der Waals surface area contributed by atoms with E-state index in [9.17, 15) is 8.78 Å². The lowest BCUT2D eigenvalue weighted by Crippen LogP contribution is -2.27. The maximum Gasteiger partial charge on any atom is 0.126 e. The molecule has 0 aliphatic rings. The van der Waals surface area contributed by atoms with Crippen LogP contribution in [0.5, 0.6) is 0 Å². The van der Waals surface area contributed by atoms with E-state index in [2.05, 4.69) is 12.2 Å². The molecule has 0 aliphatic carbocycles. The summed E-state index contributed by atoms with van der Waals surface area (Å²) in [6, 6.07) is 4.08. The molecule has 120 valence electrons. The highest BCUT2D eigenvalue weighted by molar-refractivity contribution is 5.18. The Morgan fingerprint density at radius 2 is 1.48 bits per heavy atom. The second-order valence-electron chi connectivity index (χ2n) is 5.88. The average molecular weight is 297 g/mol. The first-order chi connectivity index (χ1) is 10.2. The lowest BCUT2D eigenvalue weighted by molar-refractivity contribution is 0.476. The van der Waals surface area contributed by atoms with Crippen molar-refractivity contribution < 1.29 is 8.78 Å². The Bertz CT molecular complexity index is 373. The van der Waals surface area contributed by atoms with E-state index in [1.807, 2.05) is 7.05 Å². The molecule has 1 aromatic rings. The van der Waals surface area contributed by atoms with Crippen molar-refractivity contribution in [3.8, 4) is 0 Å². The molecule has 1 N–H and O–H groups in total. The second-order valence-corrected chi connectivity index (χ2v) is 5.88. The monoisotopic (exact) mass is 297 g/mol. The summed E-state index contributed by atoms with van der Waals surface area (Å²) < 4.78 is 26.4. The third-order valence-corrected chi connectivity index (χ3v) is 3.97. The molecular weight excluding hydrogens is 268 g/mol. The topological polar surface area (TPSA) is 12.0 Å². The first kappa shape index (κ1) is 18.1. The van der Waals surface area contributed by atoms with Gasteiger partial charge in [-0.3, -0.25) is 0 Å². The van der Waals surface area contributed by atoms with Crippen LogP contribution < -0.4 is 5.32 Å². The van der Waals surface area contributed by atoms with Crippen molar-refractivity contribution in [2.45, 2.75) is 70.8 Å². The van der Waals surface area contributed by atoms with E-state index in [0.29, 0.717) is 12.5 Å². The number of likely N-dealkylation sites (N-methyl/N-ethyl adjacent to an activating group) is 1. The first-order valence-corrected chi connectivity index (χ1v) is 8.28. The smallest absolute Gasteiger partial charge is 0.126 e. The number of hydrogen-bond acceptors (Lipinski definition) is 1. The maximum absolute atomic E-state index is 13.2. The van der Waals surface area contributed by atoms with Crippen molar-refractivity contribution in [2.24, 2.45) is 0 Å². The number of unbranched alkanes of at least 4 members (excludes halogenated alkanes) is 6. The first-order valence-electron chi connectivity index (χ1n) is 8.28. The summed E-state index contributed by atoms with van der Waals surface area (Å²) in [5.74, 6) is -0.980. The van der Waals surface area contributed by atoms with E-state index in [-0.39, 0.29) is 0 Å². The van der Waals surface area contributed by atoms with Gasteiger partial charge in [-0.2, -0.15) is 0 Å². The molecule has 0 aliphatic heterocycles. The van der Waals surface area contributed by atoms with Crippen molar-refractivity contribution in [1.29, 1.82) is 0 Å². The van der Waals surface area contributed by atoms with E-state index < -0.39 is 11.6 Å². The number of nitrogens with one attached hydrogen (secondary N) is 1. The molecule has 0 aromatic heterocycles. The fourth-order valence-corrected chi connectivity index (χ4v) is 2.71. The minimum atomic E-state index is -0.490. The van der Waals surface area contributed by atoms with Crippen LogP contribution in [0.1, 0.15) is 63.9 Å². The molecule has 0 fully saturated rings. The fourth-order valence-electron chi connectivity index (χ4n) is 2.71. The predicted molar refractivity (Wildman–Crippen MR) is 85.5 cm³/mol. The van der Waals surface area contributed by atoms with Crippen LogP contribution in [0.25, 0.3) is 0 Å². The lowest BCUT2D eigenvalue weighted by atomic mass is 9.99. The second kappa shape index (κ2) is 10.7. The van der Waals surface area contributed by atoms with Crippen LogP contribution in [-0.2, 0) is 6.42 Å². The molecule has 1 unspecified atom stereocenters. The van der Waals surface area contributed by atoms with E-state index >= 15 is 0 Å². The standard InChI is InChI=1S/C18H29F2N/c1-3-4-5-6-7-8-9-10-18(21-2)13-15-11-16(19)14-17(20)12-15/h11-12,14,18,21H,3-10,13H2,1-2H3. The summed E-state index contributed by atoms with van der Waals surface area (Å²) in [7, 11) is 1.92. The summed E-state index contributed by atoms with van der Waals surface area (Å²) in [6.07, 6.45) is 10.8. The Labute approximate surface area is 128 Å². The van der Waals surface area contributed by atoms with Crippen molar-refractivity contribution in [3.05, 3.63) is 35.4 Å². The Morgan fingerprint density at radius 3 is 2.05 bits per heavy atom. The van der Waals surface area contributed by atoms with Crippen LogP contribution in [0.15, 0.2) is 18.2 Å². The van der Waals surface area contributed by atoms with Gasteiger partial charge >= 0.3 is 0 Å². The molecule has 0 saturated carbocycles.